The molecular formula is C8H10OSe. The Labute approximate surface area is 67.9 Å². The Kier molecular flexibility index (Phi) is 3.52. The SMILES string of the molecule is CCO[Se]c1ccccc1. The molecule has 0 radical (unpaired) electrons. The first-order chi connectivity index (χ1) is 4.93. The van der Waals surface area contributed by atoms with Crippen molar-refractivity contribution in [3.8, 4) is 0 Å². The number of hydrogen-bond donors (Lipinski definition) is 0. The number of hydrogen-bond acceptors (Lipinski definition) is 1. The van der Waals surface area contributed by atoms with Crippen LogP contribution in [0.1, 0.15) is 6.92 Å². The molecule has 0 N–H and O–H groups in total. The van der Waals surface area contributed by atoms with Gasteiger partial charge in [-0.3, -0.25) is 0 Å². The third-order valence-corrected chi connectivity index (χ3v) is 2.73. The summed E-state index contributed by atoms with van der Waals surface area (Å²) < 4.78 is 6.58. The van der Waals surface area contributed by atoms with Gasteiger partial charge in [-0.1, -0.05) is 0 Å². The van der Waals surface area contributed by atoms with Crippen LogP contribution in [0.15, 0.2) is 30.3 Å². The van der Waals surface area contributed by atoms with Crippen molar-refractivity contribution in [2.24, 2.45) is 0 Å². The molecule has 1 rings (SSSR count). The van der Waals surface area contributed by atoms with E-state index in [9.17, 15) is 0 Å². The van der Waals surface area contributed by atoms with Gasteiger partial charge in [0.1, 0.15) is 0 Å². The third-order valence-electron chi connectivity index (χ3n) is 1.02. The Morgan fingerprint density at radius 1 is 1.30 bits per heavy atom. The molecule has 0 amide bonds. The molecule has 0 spiro atoms. The molecule has 0 aliphatic carbocycles. The second-order valence-corrected chi connectivity index (χ2v) is 3.64. The summed E-state index contributed by atoms with van der Waals surface area (Å²) in [6.07, 6.45) is 0. The fourth-order valence-corrected chi connectivity index (χ4v) is 1.70. The molecule has 0 aliphatic heterocycles. The van der Waals surface area contributed by atoms with E-state index in [1.165, 1.54) is 4.46 Å². The van der Waals surface area contributed by atoms with Gasteiger partial charge in [0, 0.05) is 0 Å². The standard InChI is InChI=1S/C8H10OSe/c1-2-9-10-8-6-4-3-5-7-8/h3-7H,2H2,1H3. The first-order valence-electron chi connectivity index (χ1n) is 3.28. The maximum absolute atomic E-state index is 5.28. The van der Waals surface area contributed by atoms with E-state index >= 15 is 0 Å². The minimum absolute atomic E-state index is 0.218. The fourth-order valence-electron chi connectivity index (χ4n) is 0.603. The number of benzene rings is 1. The molecule has 0 heterocycles. The van der Waals surface area contributed by atoms with Gasteiger partial charge in [0.25, 0.3) is 0 Å². The molecule has 10 heavy (non-hydrogen) atoms. The average Bonchev–Trinajstić information content (AvgIpc) is 2.03. The van der Waals surface area contributed by atoms with Gasteiger partial charge in [0.2, 0.25) is 0 Å². The van der Waals surface area contributed by atoms with Gasteiger partial charge in [-0.25, -0.2) is 0 Å². The molecule has 1 aromatic rings. The quantitative estimate of drug-likeness (QED) is 0.662. The van der Waals surface area contributed by atoms with E-state index in [2.05, 4.69) is 12.1 Å². The molecule has 0 fully saturated rings. The van der Waals surface area contributed by atoms with Crippen LogP contribution >= 0.6 is 0 Å². The Balaban J connectivity index is 2.43. The molecule has 0 saturated carbocycles. The number of rotatable bonds is 3. The molecule has 0 atom stereocenters. The van der Waals surface area contributed by atoms with Gasteiger partial charge >= 0.3 is 67.4 Å². The molecule has 0 bridgehead atoms. The van der Waals surface area contributed by atoms with E-state index in [1.54, 1.807) is 0 Å². The van der Waals surface area contributed by atoms with Crippen LogP contribution in [-0.4, -0.2) is 21.9 Å². The second-order valence-electron chi connectivity index (χ2n) is 1.80. The monoisotopic (exact) mass is 202 g/mol. The van der Waals surface area contributed by atoms with Crippen LogP contribution in [0.25, 0.3) is 0 Å². The predicted molar refractivity (Wildman–Crippen MR) is 43.5 cm³/mol. The van der Waals surface area contributed by atoms with Crippen LogP contribution in [-0.2, 0) is 3.82 Å². The van der Waals surface area contributed by atoms with E-state index in [0.29, 0.717) is 0 Å². The fraction of sp³-hybridized carbons (Fsp3) is 0.250. The maximum atomic E-state index is 5.28. The zero-order valence-electron chi connectivity index (χ0n) is 5.91. The Morgan fingerprint density at radius 2 is 2.00 bits per heavy atom. The molecule has 1 nitrogen and oxygen atoms in total. The van der Waals surface area contributed by atoms with Crippen LogP contribution in [0.3, 0.4) is 0 Å². The van der Waals surface area contributed by atoms with Gasteiger partial charge in [0.15, 0.2) is 0 Å². The molecule has 0 saturated heterocycles. The summed E-state index contributed by atoms with van der Waals surface area (Å²) in [7, 11) is 0. The van der Waals surface area contributed by atoms with Crippen LogP contribution in [0.2, 0.25) is 0 Å². The molecule has 1 aromatic carbocycles. The van der Waals surface area contributed by atoms with Crippen molar-refractivity contribution in [1.82, 2.24) is 0 Å². The van der Waals surface area contributed by atoms with Crippen LogP contribution in [0.5, 0.6) is 0 Å². The zero-order chi connectivity index (χ0) is 7.23. The Bertz CT molecular complexity index is 174. The Hall–Kier alpha value is -0.301. The molecule has 2 heteroatoms. The van der Waals surface area contributed by atoms with E-state index < -0.39 is 0 Å². The Morgan fingerprint density at radius 3 is 2.60 bits per heavy atom. The second kappa shape index (κ2) is 4.50. The molecule has 0 unspecified atom stereocenters. The van der Waals surface area contributed by atoms with Gasteiger partial charge < -0.3 is 0 Å². The topological polar surface area (TPSA) is 9.23 Å². The summed E-state index contributed by atoms with van der Waals surface area (Å²) in [5, 5.41) is 0. The van der Waals surface area contributed by atoms with E-state index in [4.69, 9.17) is 3.82 Å². The molecule has 54 valence electrons. The van der Waals surface area contributed by atoms with E-state index in [1.807, 2.05) is 25.1 Å². The van der Waals surface area contributed by atoms with Crippen LogP contribution in [0, 0.1) is 0 Å². The first-order valence-corrected chi connectivity index (χ1v) is 4.83. The molecule has 0 aliphatic rings. The normalized spacial score (nSPS) is 9.70. The zero-order valence-corrected chi connectivity index (χ0v) is 7.62. The summed E-state index contributed by atoms with van der Waals surface area (Å²) in [6.45, 7) is 2.83. The van der Waals surface area contributed by atoms with Gasteiger partial charge in [-0.15, -0.1) is 0 Å². The molecular weight excluding hydrogens is 191 g/mol. The third kappa shape index (κ3) is 2.52. The minimum atomic E-state index is 0.218. The molecule has 0 aromatic heterocycles. The van der Waals surface area contributed by atoms with Crippen LogP contribution in [0.4, 0.5) is 0 Å². The predicted octanol–water partition coefficient (Wildman–Crippen LogP) is 0.968. The van der Waals surface area contributed by atoms with E-state index in [0.717, 1.165) is 6.61 Å². The van der Waals surface area contributed by atoms with Gasteiger partial charge in [-0.05, 0) is 0 Å². The van der Waals surface area contributed by atoms with Crippen molar-refractivity contribution in [2.45, 2.75) is 6.92 Å². The van der Waals surface area contributed by atoms with Crippen molar-refractivity contribution in [2.75, 3.05) is 6.61 Å². The van der Waals surface area contributed by atoms with Crippen molar-refractivity contribution < 1.29 is 3.82 Å². The van der Waals surface area contributed by atoms with Crippen molar-refractivity contribution in [1.29, 1.82) is 0 Å². The van der Waals surface area contributed by atoms with Gasteiger partial charge in [0.05, 0.1) is 0 Å². The van der Waals surface area contributed by atoms with E-state index in [-0.39, 0.29) is 15.3 Å². The average molecular weight is 201 g/mol. The summed E-state index contributed by atoms with van der Waals surface area (Å²) in [5.41, 5.74) is 0. The van der Waals surface area contributed by atoms with Crippen molar-refractivity contribution in [3.05, 3.63) is 30.3 Å². The summed E-state index contributed by atoms with van der Waals surface area (Å²) >= 11 is 0.218. The summed E-state index contributed by atoms with van der Waals surface area (Å²) in [5.74, 6) is 0. The van der Waals surface area contributed by atoms with Crippen LogP contribution < -0.4 is 4.46 Å². The van der Waals surface area contributed by atoms with Crippen molar-refractivity contribution in [3.63, 3.8) is 0 Å². The summed E-state index contributed by atoms with van der Waals surface area (Å²) in [4.78, 5) is 0. The summed E-state index contributed by atoms with van der Waals surface area (Å²) in [6, 6.07) is 10.3. The van der Waals surface area contributed by atoms with Crippen molar-refractivity contribution >= 4 is 19.7 Å². The van der Waals surface area contributed by atoms with Gasteiger partial charge in [-0.2, -0.15) is 0 Å². The first kappa shape index (κ1) is 7.80.